The van der Waals surface area contributed by atoms with Gasteiger partial charge in [0.2, 0.25) is 0 Å². The Morgan fingerprint density at radius 1 is 1.07 bits per heavy atom. The molecule has 15 heavy (non-hydrogen) atoms. The third kappa shape index (κ3) is 4.98. The van der Waals surface area contributed by atoms with Crippen LogP contribution in [0.4, 0.5) is 0 Å². The molecule has 0 bridgehead atoms. The Hall–Kier alpha value is 0.620. The van der Waals surface area contributed by atoms with Gasteiger partial charge in [-0.3, -0.25) is 9.80 Å². The zero-order chi connectivity index (χ0) is 11.1. The molecule has 0 aromatic rings. The molecule has 1 fully saturated rings. The van der Waals surface area contributed by atoms with Crippen LogP contribution in [-0.4, -0.2) is 58.7 Å². The van der Waals surface area contributed by atoms with Crippen molar-refractivity contribution in [2.45, 2.75) is 26.8 Å². The van der Waals surface area contributed by atoms with E-state index in [0.717, 1.165) is 6.04 Å². The van der Waals surface area contributed by atoms with Crippen LogP contribution in [0.15, 0.2) is 0 Å². The van der Waals surface area contributed by atoms with E-state index in [9.17, 15) is 0 Å². The summed E-state index contributed by atoms with van der Waals surface area (Å²) in [5.41, 5.74) is 0. The molecule has 0 unspecified atom stereocenters. The Bertz CT molecular complexity index is 167. The SMILES string of the molecule is CCSCN1CCN(CSCC)[C@H](C)C1. The monoisotopic (exact) mass is 248 g/mol. The summed E-state index contributed by atoms with van der Waals surface area (Å²) in [5, 5.41) is 0. The van der Waals surface area contributed by atoms with Gasteiger partial charge in [-0.15, -0.1) is 23.5 Å². The van der Waals surface area contributed by atoms with E-state index in [1.807, 2.05) is 23.5 Å². The van der Waals surface area contributed by atoms with Crippen molar-refractivity contribution in [1.29, 1.82) is 0 Å². The molecule has 0 saturated carbocycles. The van der Waals surface area contributed by atoms with Crippen LogP contribution in [0.2, 0.25) is 0 Å². The van der Waals surface area contributed by atoms with Gasteiger partial charge in [-0.25, -0.2) is 0 Å². The summed E-state index contributed by atoms with van der Waals surface area (Å²) in [6.45, 7) is 10.6. The summed E-state index contributed by atoms with van der Waals surface area (Å²) < 4.78 is 0. The first kappa shape index (κ1) is 13.7. The Balaban J connectivity index is 2.21. The number of rotatable bonds is 6. The number of thioether (sulfide) groups is 2. The lowest BCUT2D eigenvalue weighted by molar-refractivity contribution is 0.115. The minimum absolute atomic E-state index is 0.732. The molecule has 0 aromatic carbocycles. The number of hydrogen-bond acceptors (Lipinski definition) is 4. The first-order chi connectivity index (χ1) is 7.27. The van der Waals surface area contributed by atoms with Crippen LogP contribution in [0, 0.1) is 0 Å². The summed E-state index contributed by atoms with van der Waals surface area (Å²) >= 11 is 4.08. The van der Waals surface area contributed by atoms with Crippen LogP contribution in [0.1, 0.15) is 20.8 Å². The molecular weight excluding hydrogens is 224 g/mol. The molecule has 4 heteroatoms. The number of piperazine rings is 1. The van der Waals surface area contributed by atoms with Crippen LogP contribution in [0.3, 0.4) is 0 Å². The number of nitrogens with zero attached hydrogens (tertiary/aromatic N) is 2. The van der Waals surface area contributed by atoms with Gasteiger partial charge < -0.3 is 0 Å². The summed E-state index contributed by atoms with van der Waals surface area (Å²) in [6.07, 6.45) is 0. The lowest BCUT2D eigenvalue weighted by Gasteiger charge is -2.39. The van der Waals surface area contributed by atoms with Crippen molar-refractivity contribution < 1.29 is 0 Å². The van der Waals surface area contributed by atoms with Gasteiger partial charge in [0, 0.05) is 37.4 Å². The van der Waals surface area contributed by atoms with E-state index in [2.05, 4.69) is 30.6 Å². The van der Waals surface area contributed by atoms with Crippen molar-refractivity contribution in [2.24, 2.45) is 0 Å². The maximum atomic E-state index is 2.61. The molecule has 1 saturated heterocycles. The molecule has 0 amide bonds. The highest BCUT2D eigenvalue weighted by Gasteiger charge is 2.22. The highest BCUT2D eigenvalue weighted by Crippen LogP contribution is 2.15. The molecule has 90 valence electrons. The van der Waals surface area contributed by atoms with Gasteiger partial charge >= 0.3 is 0 Å². The minimum Gasteiger partial charge on any atom is -0.291 e. The number of hydrogen-bond donors (Lipinski definition) is 0. The molecule has 0 aromatic heterocycles. The first-order valence-electron chi connectivity index (χ1n) is 5.89. The fourth-order valence-electron chi connectivity index (χ4n) is 1.81. The second-order valence-electron chi connectivity index (χ2n) is 3.98. The van der Waals surface area contributed by atoms with Crippen LogP contribution in [0.25, 0.3) is 0 Å². The van der Waals surface area contributed by atoms with Gasteiger partial charge in [0.15, 0.2) is 0 Å². The third-order valence-corrected chi connectivity index (χ3v) is 4.67. The van der Waals surface area contributed by atoms with E-state index < -0.39 is 0 Å². The Morgan fingerprint density at radius 3 is 2.33 bits per heavy atom. The van der Waals surface area contributed by atoms with E-state index in [-0.39, 0.29) is 0 Å². The van der Waals surface area contributed by atoms with Crippen molar-refractivity contribution in [1.82, 2.24) is 9.80 Å². The van der Waals surface area contributed by atoms with Crippen molar-refractivity contribution in [3.05, 3.63) is 0 Å². The Kier molecular flexibility index (Phi) is 7.14. The maximum Gasteiger partial charge on any atom is 0.0448 e. The van der Waals surface area contributed by atoms with Gasteiger partial charge in [0.1, 0.15) is 0 Å². The average molecular weight is 248 g/mol. The molecule has 1 aliphatic heterocycles. The van der Waals surface area contributed by atoms with Crippen molar-refractivity contribution in [3.63, 3.8) is 0 Å². The lowest BCUT2D eigenvalue weighted by Crippen LogP contribution is -2.51. The molecule has 1 heterocycles. The van der Waals surface area contributed by atoms with E-state index in [4.69, 9.17) is 0 Å². The summed E-state index contributed by atoms with van der Waals surface area (Å²) in [5.74, 6) is 4.90. The predicted octanol–water partition coefficient (Wildman–Crippen LogP) is 2.41. The topological polar surface area (TPSA) is 6.48 Å². The smallest absolute Gasteiger partial charge is 0.0448 e. The van der Waals surface area contributed by atoms with Crippen LogP contribution in [0.5, 0.6) is 0 Å². The van der Waals surface area contributed by atoms with Gasteiger partial charge in [-0.1, -0.05) is 13.8 Å². The molecule has 0 N–H and O–H groups in total. The van der Waals surface area contributed by atoms with Crippen molar-refractivity contribution in [2.75, 3.05) is 42.9 Å². The maximum absolute atomic E-state index is 2.61. The Labute approximate surface area is 103 Å². The summed E-state index contributed by atoms with van der Waals surface area (Å²) in [4.78, 5) is 5.20. The van der Waals surface area contributed by atoms with E-state index >= 15 is 0 Å². The zero-order valence-corrected chi connectivity index (χ0v) is 11.9. The molecule has 1 atom stereocenters. The van der Waals surface area contributed by atoms with Crippen molar-refractivity contribution in [3.8, 4) is 0 Å². The van der Waals surface area contributed by atoms with Crippen molar-refractivity contribution >= 4 is 23.5 Å². The minimum atomic E-state index is 0.732. The molecule has 1 rings (SSSR count). The largest absolute Gasteiger partial charge is 0.291 e. The average Bonchev–Trinajstić information content (AvgIpc) is 2.25. The molecule has 1 aliphatic rings. The second kappa shape index (κ2) is 7.82. The molecule has 0 aliphatic carbocycles. The molecule has 0 spiro atoms. The third-order valence-electron chi connectivity index (χ3n) is 2.79. The summed E-state index contributed by atoms with van der Waals surface area (Å²) in [7, 11) is 0. The van der Waals surface area contributed by atoms with Crippen LogP contribution in [-0.2, 0) is 0 Å². The van der Waals surface area contributed by atoms with Gasteiger partial charge in [-0.2, -0.15) is 0 Å². The molecule has 0 radical (unpaired) electrons. The standard InChI is InChI=1S/C11H24N2S2/c1-4-14-9-12-6-7-13(10-15-5-2)11(3)8-12/h11H,4-10H2,1-3H3/t11-/m1/s1. The molecular formula is C11H24N2S2. The highest BCUT2D eigenvalue weighted by atomic mass is 32.2. The quantitative estimate of drug-likeness (QED) is 0.712. The highest BCUT2D eigenvalue weighted by molar-refractivity contribution is 7.99. The van der Waals surface area contributed by atoms with Gasteiger partial charge in [0.05, 0.1) is 0 Å². The van der Waals surface area contributed by atoms with E-state index in [1.54, 1.807) is 0 Å². The Morgan fingerprint density at radius 2 is 1.73 bits per heavy atom. The van der Waals surface area contributed by atoms with E-state index in [1.165, 1.54) is 42.9 Å². The van der Waals surface area contributed by atoms with Crippen LogP contribution < -0.4 is 0 Å². The predicted molar refractivity (Wildman–Crippen MR) is 73.7 cm³/mol. The fourth-order valence-corrected chi connectivity index (χ4v) is 3.28. The first-order valence-corrected chi connectivity index (χ1v) is 8.20. The lowest BCUT2D eigenvalue weighted by atomic mass is 10.2. The fraction of sp³-hybridized carbons (Fsp3) is 1.00. The van der Waals surface area contributed by atoms with Crippen LogP contribution >= 0.6 is 23.5 Å². The second-order valence-corrected chi connectivity index (χ2v) is 6.47. The summed E-state index contributed by atoms with van der Waals surface area (Å²) in [6, 6.07) is 0.732. The van der Waals surface area contributed by atoms with Gasteiger partial charge in [0.25, 0.3) is 0 Å². The van der Waals surface area contributed by atoms with E-state index in [0.29, 0.717) is 0 Å². The zero-order valence-electron chi connectivity index (χ0n) is 10.2. The molecule has 2 nitrogen and oxygen atoms in total. The normalized spacial score (nSPS) is 24.6. The van der Waals surface area contributed by atoms with Gasteiger partial charge in [-0.05, 0) is 18.4 Å².